The third kappa shape index (κ3) is 13.6. The van der Waals surface area contributed by atoms with Crippen LogP contribution in [0.1, 0.15) is 74.8 Å². The second-order valence-corrected chi connectivity index (χ2v) is 14.1. The van der Waals surface area contributed by atoms with E-state index in [1.54, 1.807) is 25.6 Å². The summed E-state index contributed by atoms with van der Waals surface area (Å²) < 4.78 is 58.2. The van der Waals surface area contributed by atoms with Crippen LogP contribution in [0.25, 0.3) is 0 Å². The van der Waals surface area contributed by atoms with E-state index in [-0.39, 0.29) is 49.1 Å². The van der Waals surface area contributed by atoms with Gasteiger partial charge >= 0.3 is 18.1 Å². The van der Waals surface area contributed by atoms with Gasteiger partial charge in [-0.3, -0.25) is 4.98 Å². The molecular weight excluding hydrogens is 708 g/mol. The van der Waals surface area contributed by atoms with Gasteiger partial charge in [0.1, 0.15) is 18.8 Å². The topological polar surface area (TPSA) is 149 Å². The van der Waals surface area contributed by atoms with Crippen molar-refractivity contribution in [1.82, 2.24) is 25.5 Å². The number of nitrogens with two attached hydrogens (primary N) is 1. The normalized spacial score (nSPS) is 15.6. The number of thiazole rings is 2. The fraction of sp³-hybridized carbons (Fsp3) is 0.432. The lowest BCUT2D eigenvalue weighted by Gasteiger charge is -2.32. The summed E-state index contributed by atoms with van der Waals surface area (Å²) in [6.07, 6.45) is 0.831. The van der Waals surface area contributed by atoms with Crippen molar-refractivity contribution >= 4 is 53.2 Å². The van der Waals surface area contributed by atoms with Gasteiger partial charge < -0.3 is 30.7 Å². The Labute approximate surface area is 323 Å². The average molecular weight is 763 g/mol. The molecule has 0 saturated heterocycles. The van der Waals surface area contributed by atoms with Crippen molar-refractivity contribution in [3.05, 3.63) is 104 Å². The molecule has 3 amide bonds. The van der Waals surface area contributed by atoms with E-state index in [0.717, 1.165) is 27.3 Å². The number of rotatable bonds is 17. The Balaban J connectivity index is 0.00000870. The Morgan fingerprint density at radius 2 is 1.65 bits per heavy atom. The summed E-state index contributed by atoms with van der Waals surface area (Å²) in [7, 11) is 1.46. The van der Waals surface area contributed by atoms with E-state index in [2.05, 4.69) is 20.6 Å². The third-order valence-electron chi connectivity index (χ3n) is 7.78. The number of esters is 1. The number of halogens is 1. The largest absolute Gasteiger partial charge is 0.459 e. The van der Waals surface area contributed by atoms with Gasteiger partial charge in [-0.25, -0.2) is 19.4 Å². The van der Waals surface area contributed by atoms with Crippen LogP contribution < -0.4 is 16.4 Å². The average Bonchev–Trinajstić information content (AvgIpc) is 3.81. The number of ether oxygens (including phenoxy) is 2. The summed E-state index contributed by atoms with van der Waals surface area (Å²) in [6.45, 7) is -2.22. The minimum atomic E-state index is -2.81. The molecule has 0 saturated carbocycles. The van der Waals surface area contributed by atoms with Crippen LogP contribution in [-0.2, 0) is 40.3 Å². The van der Waals surface area contributed by atoms with Gasteiger partial charge in [0.05, 0.1) is 33.7 Å². The Kier molecular flexibility index (Phi) is 13.3. The van der Waals surface area contributed by atoms with Gasteiger partial charge in [-0.15, -0.1) is 35.1 Å². The molecule has 0 unspecified atom stereocenters. The first-order valence-corrected chi connectivity index (χ1v) is 18.0. The van der Waals surface area contributed by atoms with Gasteiger partial charge in [0.2, 0.25) is 0 Å². The van der Waals surface area contributed by atoms with Crippen molar-refractivity contribution in [1.29, 1.82) is 0 Å². The zero-order valence-corrected chi connectivity index (χ0v) is 31.1. The van der Waals surface area contributed by atoms with Crippen LogP contribution in [0.2, 0.25) is 0 Å². The lowest BCUT2D eigenvalue weighted by atomic mass is 9.93. The van der Waals surface area contributed by atoms with Crippen LogP contribution in [0.5, 0.6) is 0 Å². The molecule has 14 heteroatoms. The SMILES string of the molecule is Cl.[2H]C([2H])([2H])C(c1nc(CN(C)C(=O)N[C@H](C(=O)O[C@@H](C[C@@H](N)Cc2ccccc2)[C@H](Cc2ccccc2)NC(=O)OCc2cncs2)C(C)C)cs1)C([2H])([2H])[2H]. The highest BCUT2D eigenvalue weighted by Crippen LogP contribution is 2.21. The highest BCUT2D eigenvalue weighted by atomic mass is 35.5. The number of hydrogen-bond acceptors (Lipinski definition) is 10. The van der Waals surface area contributed by atoms with E-state index in [0.29, 0.717) is 6.42 Å². The smallest absolute Gasteiger partial charge is 0.407 e. The van der Waals surface area contributed by atoms with Gasteiger partial charge in [0.15, 0.2) is 0 Å². The van der Waals surface area contributed by atoms with Gasteiger partial charge in [-0.05, 0) is 29.9 Å². The maximum atomic E-state index is 14.1. The lowest BCUT2D eigenvalue weighted by molar-refractivity contribution is -0.154. The number of benzene rings is 2. The van der Waals surface area contributed by atoms with Crippen molar-refractivity contribution in [2.75, 3.05) is 7.05 Å². The molecule has 4 aromatic rings. The number of urea groups is 1. The van der Waals surface area contributed by atoms with Crippen LogP contribution in [0.4, 0.5) is 9.59 Å². The molecule has 0 fully saturated rings. The maximum absolute atomic E-state index is 14.1. The van der Waals surface area contributed by atoms with Crippen LogP contribution >= 0.6 is 35.1 Å². The Bertz CT molecular complexity index is 1820. The molecule has 4 atom stereocenters. The molecule has 4 N–H and O–H groups in total. The van der Waals surface area contributed by atoms with Crippen LogP contribution in [-0.4, -0.2) is 64.2 Å². The number of aromatic nitrogens is 2. The number of hydrogen-bond donors (Lipinski definition) is 3. The quantitative estimate of drug-likeness (QED) is 0.100. The first-order chi connectivity index (χ1) is 26.4. The number of carbonyl (C=O) groups excluding carboxylic acids is 3. The van der Waals surface area contributed by atoms with Crippen molar-refractivity contribution in [3.8, 4) is 0 Å². The first-order valence-electron chi connectivity index (χ1n) is 19.2. The zero-order valence-electron chi connectivity index (χ0n) is 34.7. The number of nitrogens with zero attached hydrogens (tertiary/aromatic N) is 3. The number of amides is 3. The van der Waals surface area contributed by atoms with E-state index >= 15 is 0 Å². The molecule has 0 bridgehead atoms. The second kappa shape index (κ2) is 20.7. The molecule has 0 aliphatic rings. The molecule has 276 valence electrons. The minimum absolute atomic E-state index is 0. The van der Waals surface area contributed by atoms with E-state index in [1.807, 2.05) is 60.7 Å². The van der Waals surface area contributed by atoms with Crippen molar-refractivity contribution in [2.24, 2.45) is 11.7 Å². The predicted molar refractivity (Wildman–Crippen MR) is 204 cm³/mol. The fourth-order valence-electron chi connectivity index (χ4n) is 5.19. The Hall–Kier alpha value is -4.04. The van der Waals surface area contributed by atoms with Gasteiger partial charge in [-0.1, -0.05) is 88.2 Å². The third-order valence-corrected chi connectivity index (χ3v) is 9.50. The van der Waals surface area contributed by atoms with E-state index < -0.39 is 67.9 Å². The van der Waals surface area contributed by atoms with Crippen LogP contribution in [0.15, 0.2) is 77.8 Å². The summed E-state index contributed by atoms with van der Waals surface area (Å²) >= 11 is 2.24. The van der Waals surface area contributed by atoms with Gasteiger partial charge in [0, 0.05) is 45.2 Å². The predicted octanol–water partition coefficient (Wildman–Crippen LogP) is 6.72. The first kappa shape index (κ1) is 32.8. The molecule has 0 radical (unpaired) electrons. The highest BCUT2D eigenvalue weighted by Gasteiger charge is 2.34. The molecule has 11 nitrogen and oxygen atoms in total. The molecule has 2 aromatic heterocycles. The second-order valence-electron chi connectivity index (χ2n) is 12.3. The summed E-state index contributed by atoms with van der Waals surface area (Å²) in [5, 5.41) is 7.06. The fourth-order valence-corrected chi connectivity index (χ4v) is 6.38. The molecule has 2 aromatic carbocycles. The number of nitrogens with one attached hydrogen (secondary N) is 2. The lowest BCUT2D eigenvalue weighted by Crippen LogP contribution is -2.53. The summed E-state index contributed by atoms with van der Waals surface area (Å²) in [5.74, 6) is -2.96. The van der Waals surface area contributed by atoms with Gasteiger partial charge in [0.25, 0.3) is 0 Å². The molecule has 0 aliphatic heterocycles. The molecule has 0 aliphatic carbocycles. The van der Waals surface area contributed by atoms with E-state index in [1.165, 1.54) is 28.7 Å². The highest BCUT2D eigenvalue weighted by molar-refractivity contribution is 7.09. The molecule has 4 rings (SSSR count). The van der Waals surface area contributed by atoms with Crippen molar-refractivity contribution < 1.29 is 32.1 Å². The van der Waals surface area contributed by atoms with E-state index in [9.17, 15) is 14.4 Å². The standard InChI is InChI=1S/C37H48N6O5S2.ClH/c1-24(2)33(42-36(45)43(5)20-29-22-49-34(40-29)25(3)4)35(44)48-32(18-28(38)16-26-12-8-6-9-13-26)31(17-27-14-10-7-11-15-27)41-37(46)47-21-30-19-39-23-50-30;/h6-15,19,22-25,28,31-33H,16-18,20-21,38H2,1-5H3,(H,41,46)(H,42,45);1H/t28-,31-,32-,33-;/m0./s1/i3D3,4D3;. The van der Waals surface area contributed by atoms with Crippen molar-refractivity contribution in [2.45, 2.75) is 90.1 Å². The number of alkyl carbamates (subject to hydrolysis) is 1. The van der Waals surface area contributed by atoms with Crippen LogP contribution in [0, 0.1) is 5.92 Å². The summed E-state index contributed by atoms with van der Waals surface area (Å²) in [4.78, 5) is 51.0. The van der Waals surface area contributed by atoms with Crippen LogP contribution in [0.3, 0.4) is 0 Å². The Morgan fingerprint density at radius 1 is 0.980 bits per heavy atom. The van der Waals surface area contributed by atoms with E-state index in [4.69, 9.17) is 23.4 Å². The van der Waals surface area contributed by atoms with Crippen molar-refractivity contribution in [3.63, 3.8) is 0 Å². The number of carbonyl (C=O) groups is 3. The summed E-state index contributed by atoms with van der Waals surface area (Å²) in [5.41, 5.74) is 10.4. The zero-order chi connectivity index (χ0) is 41.0. The molecule has 0 spiro atoms. The Morgan fingerprint density at radius 3 is 2.25 bits per heavy atom. The molecular formula is C37H49ClN6O5S2. The molecule has 2 heterocycles. The monoisotopic (exact) mass is 762 g/mol. The van der Waals surface area contributed by atoms with Gasteiger partial charge in [-0.2, -0.15) is 0 Å². The molecule has 51 heavy (non-hydrogen) atoms. The summed E-state index contributed by atoms with van der Waals surface area (Å²) in [6, 6.07) is 15.9. The minimum Gasteiger partial charge on any atom is -0.459 e. The maximum Gasteiger partial charge on any atom is 0.407 e.